The molecule has 0 atom stereocenters. The molecule has 0 spiro atoms. The fourth-order valence-corrected chi connectivity index (χ4v) is 2.15. The van der Waals surface area contributed by atoms with Crippen LogP contribution in [0.25, 0.3) is 0 Å². The smallest absolute Gasteiger partial charge is 0.353 e. The number of nitro groups is 1. The van der Waals surface area contributed by atoms with Gasteiger partial charge < -0.3 is 10.6 Å². The summed E-state index contributed by atoms with van der Waals surface area (Å²) in [4.78, 5) is 18.9. The van der Waals surface area contributed by atoms with E-state index in [2.05, 4.69) is 20.6 Å². The topological polar surface area (TPSA) is 93.0 Å². The predicted octanol–water partition coefficient (Wildman–Crippen LogP) is 3.86. The van der Waals surface area contributed by atoms with Gasteiger partial charge in [0.25, 0.3) is 0 Å². The van der Waals surface area contributed by atoms with Crippen molar-refractivity contribution in [3.63, 3.8) is 0 Å². The van der Waals surface area contributed by atoms with E-state index in [9.17, 15) is 10.1 Å². The second-order valence-corrected chi connectivity index (χ2v) is 6.40. The summed E-state index contributed by atoms with van der Waals surface area (Å²) in [5.74, 6) is 0.329. The summed E-state index contributed by atoms with van der Waals surface area (Å²) < 4.78 is 0. The lowest BCUT2D eigenvalue weighted by Gasteiger charge is -2.21. The molecule has 8 heteroatoms. The minimum absolute atomic E-state index is 0.150. The number of halogens is 1. The minimum Gasteiger partial charge on any atom is -0.360 e. The zero-order valence-electron chi connectivity index (χ0n) is 13.1. The summed E-state index contributed by atoms with van der Waals surface area (Å²) in [6.07, 6.45) is 1.29. The molecule has 1 aromatic carbocycles. The van der Waals surface area contributed by atoms with Gasteiger partial charge in [-0.05, 0) is 32.4 Å². The van der Waals surface area contributed by atoms with Crippen molar-refractivity contribution in [2.75, 3.05) is 10.6 Å². The number of anilines is 2. The van der Waals surface area contributed by atoms with Crippen LogP contribution in [-0.4, -0.2) is 20.4 Å². The third-order valence-electron chi connectivity index (χ3n) is 2.90. The second-order valence-electron chi connectivity index (χ2n) is 6.00. The molecule has 0 radical (unpaired) electrons. The number of aromatic nitrogens is 2. The SMILES string of the molecule is CC(C)(C)Nc1ncnc(NCc2ccccc2Cl)c1[N+](=O)[O-]. The molecule has 7 nitrogen and oxygen atoms in total. The highest BCUT2D eigenvalue weighted by molar-refractivity contribution is 6.31. The van der Waals surface area contributed by atoms with Gasteiger partial charge in [-0.2, -0.15) is 0 Å². The van der Waals surface area contributed by atoms with Crippen LogP contribution in [0.2, 0.25) is 5.02 Å². The minimum atomic E-state index is -0.497. The summed E-state index contributed by atoms with van der Waals surface area (Å²) in [6.45, 7) is 6.02. The van der Waals surface area contributed by atoms with E-state index in [1.165, 1.54) is 6.33 Å². The van der Waals surface area contributed by atoms with Crippen LogP contribution < -0.4 is 10.6 Å². The quantitative estimate of drug-likeness (QED) is 0.636. The Morgan fingerprint density at radius 3 is 2.48 bits per heavy atom. The maximum atomic E-state index is 11.4. The van der Waals surface area contributed by atoms with Crippen LogP contribution in [0.1, 0.15) is 26.3 Å². The lowest BCUT2D eigenvalue weighted by Crippen LogP contribution is -2.27. The Balaban J connectivity index is 2.29. The van der Waals surface area contributed by atoms with Gasteiger partial charge in [0.2, 0.25) is 11.6 Å². The molecule has 0 aliphatic carbocycles. The molecule has 1 aromatic heterocycles. The van der Waals surface area contributed by atoms with Crippen molar-refractivity contribution in [2.24, 2.45) is 0 Å². The predicted molar refractivity (Wildman–Crippen MR) is 90.8 cm³/mol. The fourth-order valence-electron chi connectivity index (χ4n) is 1.95. The Morgan fingerprint density at radius 2 is 1.87 bits per heavy atom. The molecule has 2 N–H and O–H groups in total. The average Bonchev–Trinajstić information content (AvgIpc) is 2.44. The molecule has 2 aromatic rings. The number of benzene rings is 1. The molecule has 1 heterocycles. The van der Waals surface area contributed by atoms with Crippen molar-refractivity contribution >= 4 is 28.9 Å². The standard InChI is InChI=1S/C15H18ClN5O2/c1-15(2,3)20-14-12(21(22)23)13(18-9-19-14)17-8-10-6-4-5-7-11(10)16/h4-7,9H,8H2,1-3H3,(H2,17,18,19,20). The van der Waals surface area contributed by atoms with Crippen LogP contribution in [0.4, 0.5) is 17.3 Å². The average molecular weight is 336 g/mol. The number of hydrogen-bond acceptors (Lipinski definition) is 6. The maximum absolute atomic E-state index is 11.4. The molecule has 0 unspecified atom stereocenters. The first-order valence-corrected chi connectivity index (χ1v) is 7.40. The van der Waals surface area contributed by atoms with Gasteiger partial charge in [0, 0.05) is 17.1 Å². The lowest BCUT2D eigenvalue weighted by molar-refractivity contribution is -0.383. The Labute approximate surface area is 139 Å². The largest absolute Gasteiger partial charge is 0.360 e. The monoisotopic (exact) mass is 335 g/mol. The summed E-state index contributed by atoms with van der Waals surface area (Å²) in [5.41, 5.74) is 0.279. The zero-order chi connectivity index (χ0) is 17.0. The van der Waals surface area contributed by atoms with Gasteiger partial charge in [-0.3, -0.25) is 10.1 Å². The van der Waals surface area contributed by atoms with Crippen molar-refractivity contribution < 1.29 is 4.92 Å². The highest BCUT2D eigenvalue weighted by atomic mass is 35.5. The maximum Gasteiger partial charge on any atom is 0.353 e. The van der Waals surface area contributed by atoms with Crippen LogP contribution in [0, 0.1) is 10.1 Å². The lowest BCUT2D eigenvalue weighted by atomic mass is 10.1. The van der Waals surface area contributed by atoms with Crippen LogP contribution in [-0.2, 0) is 6.54 Å². The zero-order valence-corrected chi connectivity index (χ0v) is 13.9. The highest BCUT2D eigenvalue weighted by Gasteiger charge is 2.25. The summed E-state index contributed by atoms with van der Waals surface area (Å²) >= 11 is 6.09. The van der Waals surface area contributed by atoms with Crippen molar-refractivity contribution in [1.82, 2.24) is 9.97 Å². The van der Waals surface area contributed by atoms with Gasteiger partial charge in [-0.15, -0.1) is 0 Å². The second kappa shape index (κ2) is 6.78. The summed E-state index contributed by atoms with van der Waals surface area (Å²) in [7, 11) is 0. The van der Waals surface area contributed by atoms with Gasteiger partial charge in [-0.25, -0.2) is 9.97 Å². The first kappa shape index (κ1) is 17.0. The molecular formula is C15H18ClN5O2. The Kier molecular flexibility index (Phi) is 5.00. The molecule has 0 saturated carbocycles. The van der Waals surface area contributed by atoms with Crippen molar-refractivity contribution in [1.29, 1.82) is 0 Å². The van der Waals surface area contributed by atoms with Crippen LogP contribution >= 0.6 is 11.6 Å². The van der Waals surface area contributed by atoms with E-state index in [1.807, 2.05) is 39.0 Å². The van der Waals surface area contributed by atoms with Crippen molar-refractivity contribution in [3.05, 3.63) is 51.3 Å². The van der Waals surface area contributed by atoms with E-state index < -0.39 is 4.92 Å². The molecule has 0 aliphatic heterocycles. The number of rotatable bonds is 5. The van der Waals surface area contributed by atoms with Gasteiger partial charge in [0.1, 0.15) is 6.33 Å². The van der Waals surface area contributed by atoms with Crippen LogP contribution in [0.3, 0.4) is 0 Å². The fraction of sp³-hybridized carbons (Fsp3) is 0.333. The van der Waals surface area contributed by atoms with E-state index in [4.69, 9.17) is 11.6 Å². The van der Waals surface area contributed by atoms with Gasteiger partial charge in [0.15, 0.2) is 0 Å². The number of nitrogens with one attached hydrogen (secondary N) is 2. The normalized spacial score (nSPS) is 11.1. The molecule has 0 amide bonds. The first-order valence-electron chi connectivity index (χ1n) is 7.03. The molecule has 0 aliphatic rings. The van der Waals surface area contributed by atoms with Gasteiger partial charge >= 0.3 is 5.69 Å². The van der Waals surface area contributed by atoms with E-state index >= 15 is 0 Å². The molecule has 0 saturated heterocycles. The van der Waals surface area contributed by atoms with Crippen molar-refractivity contribution in [2.45, 2.75) is 32.9 Å². The summed E-state index contributed by atoms with van der Waals surface area (Å²) in [5, 5.41) is 18.0. The van der Waals surface area contributed by atoms with E-state index in [-0.39, 0.29) is 22.9 Å². The molecule has 23 heavy (non-hydrogen) atoms. The highest BCUT2D eigenvalue weighted by Crippen LogP contribution is 2.31. The van der Waals surface area contributed by atoms with Crippen LogP contribution in [0.5, 0.6) is 0 Å². The van der Waals surface area contributed by atoms with Gasteiger partial charge in [-0.1, -0.05) is 29.8 Å². The van der Waals surface area contributed by atoms with E-state index in [1.54, 1.807) is 6.07 Å². The summed E-state index contributed by atoms with van der Waals surface area (Å²) in [6, 6.07) is 7.28. The van der Waals surface area contributed by atoms with E-state index in [0.717, 1.165) is 5.56 Å². The van der Waals surface area contributed by atoms with Gasteiger partial charge in [0.05, 0.1) is 4.92 Å². The Bertz CT molecular complexity index is 715. The van der Waals surface area contributed by atoms with E-state index in [0.29, 0.717) is 11.6 Å². The third kappa shape index (κ3) is 4.53. The molecule has 0 bridgehead atoms. The Morgan fingerprint density at radius 1 is 1.22 bits per heavy atom. The molecule has 122 valence electrons. The van der Waals surface area contributed by atoms with Crippen LogP contribution in [0.15, 0.2) is 30.6 Å². The molecule has 0 fully saturated rings. The first-order chi connectivity index (χ1) is 10.8. The molecule has 2 rings (SSSR count). The van der Waals surface area contributed by atoms with Crippen molar-refractivity contribution in [3.8, 4) is 0 Å². The molecular weight excluding hydrogens is 318 g/mol. The number of nitrogens with zero attached hydrogens (tertiary/aromatic N) is 3. The number of hydrogen-bond donors (Lipinski definition) is 2. The Hall–Kier alpha value is -2.41. The third-order valence-corrected chi connectivity index (χ3v) is 3.27.